The Morgan fingerprint density at radius 2 is 1.83 bits per heavy atom. The van der Waals surface area contributed by atoms with Gasteiger partial charge >= 0.3 is 0 Å². The third-order valence-electron chi connectivity index (χ3n) is 4.38. The Bertz CT molecular complexity index is 1030. The molecule has 0 aliphatic heterocycles. The van der Waals surface area contributed by atoms with Crippen molar-refractivity contribution in [1.82, 2.24) is 14.7 Å². The minimum Gasteiger partial charge on any atom is -0.494 e. The number of hydrogen-bond donors (Lipinski definition) is 0. The minimum atomic E-state index is -0.419. The van der Waals surface area contributed by atoms with Crippen molar-refractivity contribution in [2.75, 3.05) is 20.2 Å². The molecule has 0 aliphatic carbocycles. The molecule has 29 heavy (non-hydrogen) atoms. The molecule has 0 aliphatic rings. The van der Waals surface area contributed by atoms with Crippen LogP contribution in [0.25, 0.3) is 5.69 Å². The van der Waals surface area contributed by atoms with Crippen molar-refractivity contribution in [1.29, 1.82) is 0 Å². The maximum absolute atomic E-state index is 12.8. The molecule has 0 spiro atoms. The molecule has 0 radical (unpaired) electrons. The standard InChI is InChI=1S/C22H22ClN3O3/c1-16-15-20(27)21(24-26(16)18-11-9-17(23)10-12-18)22(28)25(2)13-6-14-29-19-7-4-3-5-8-19/h3-5,7-12,15H,6,13-14H2,1-2H3. The summed E-state index contributed by atoms with van der Waals surface area (Å²) in [5.41, 5.74) is 0.842. The summed E-state index contributed by atoms with van der Waals surface area (Å²) in [4.78, 5) is 26.6. The van der Waals surface area contributed by atoms with E-state index in [0.717, 1.165) is 11.4 Å². The third kappa shape index (κ3) is 5.23. The van der Waals surface area contributed by atoms with Crippen LogP contribution in [0.4, 0.5) is 0 Å². The summed E-state index contributed by atoms with van der Waals surface area (Å²) in [6.45, 7) is 2.68. The fourth-order valence-electron chi connectivity index (χ4n) is 2.83. The topological polar surface area (TPSA) is 64.4 Å². The molecule has 3 rings (SSSR count). The Labute approximate surface area is 174 Å². The normalized spacial score (nSPS) is 10.6. The first-order chi connectivity index (χ1) is 14.0. The lowest BCUT2D eigenvalue weighted by Gasteiger charge is -2.18. The van der Waals surface area contributed by atoms with Gasteiger partial charge in [0, 0.05) is 30.4 Å². The average Bonchev–Trinajstić information content (AvgIpc) is 2.72. The summed E-state index contributed by atoms with van der Waals surface area (Å²) in [6, 6.07) is 17.9. The second-order valence-corrected chi connectivity index (χ2v) is 7.07. The largest absolute Gasteiger partial charge is 0.494 e. The van der Waals surface area contributed by atoms with Gasteiger partial charge in [-0.3, -0.25) is 9.59 Å². The zero-order valence-corrected chi connectivity index (χ0v) is 17.1. The fourth-order valence-corrected chi connectivity index (χ4v) is 2.96. The summed E-state index contributed by atoms with van der Waals surface area (Å²) in [5.74, 6) is 0.366. The van der Waals surface area contributed by atoms with Gasteiger partial charge < -0.3 is 9.64 Å². The number of rotatable bonds is 7. The molecule has 0 saturated carbocycles. The molecule has 0 saturated heterocycles. The van der Waals surface area contributed by atoms with Crippen molar-refractivity contribution in [2.24, 2.45) is 0 Å². The molecule has 7 heteroatoms. The number of benzene rings is 2. The van der Waals surface area contributed by atoms with Crippen LogP contribution in [-0.4, -0.2) is 40.8 Å². The van der Waals surface area contributed by atoms with Crippen LogP contribution in [0.5, 0.6) is 5.75 Å². The van der Waals surface area contributed by atoms with Crippen molar-refractivity contribution in [2.45, 2.75) is 13.3 Å². The highest BCUT2D eigenvalue weighted by Crippen LogP contribution is 2.14. The summed E-state index contributed by atoms with van der Waals surface area (Å²) in [7, 11) is 1.65. The average molecular weight is 412 g/mol. The summed E-state index contributed by atoms with van der Waals surface area (Å²) < 4.78 is 7.20. The maximum atomic E-state index is 12.8. The summed E-state index contributed by atoms with van der Waals surface area (Å²) in [5, 5.41) is 4.91. The molecule has 2 aromatic carbocycles. The first kappa shape index (κ1) is 20.6. The van der Waals surface area contributed by atoms with Gasteiger partial charge in [0.2, 0.25) is 5.43 Å². The van der Waals surface area contributed by atoms with Gasteiger partial charge in [0.15, 0.2) is 5.69 Å². The van der Waals surface area contributed by atoms with E-state index in [0.29, 0.717) is 30.3 Å². The van der Waals surface area contributed by atoms with E-state index in [-0.39, 0.29) is 5.69 Å². The van der Waals surface area contributed by atoms with E-state index >= 15 is 0 Å². The van der Waals surface area contributed by atoms with Gasteiger partial charge in [-0.05, 0) is 49.7 Å². The van der Waals surface area contributed by atoms with Gasteiger partial charge in [0.05, 0.1) is 12.3 Å². The van der Waals surface area contributed by atoms with Crippen LogP contribution in [0, 0.1) is 6.92 Å². The second-order valence-electron chi connectivity index (χ2n) is 6.63. The second kappa shape index (κ2) is 9.39. The van der Waals surface area contributed by atoms with Crippen molar-refractivity contribution in [3.05, 3.63) is 87.3 Å². The zero-order valence-electron chi connectivity index (χ0n) is 16.3. The lowest BCUT2D eigenvalue weighted by atomic mass is 10.2. The number of amides is 1. The highest BCUT2D eigenvalue weighted by atomic mass is 35.5. The van der Waals surface area contributed by atoms with Crippen molar-refractivity contribution in [3.63, 3.8) is 0 Å². The van der Waals surface area contributed by atoms with E-state index in [1.165, 1.54) is 11.0 Å². The van der Waals surface area contributed by atoms with Crippen LogP contribution < -0.4 is 10.2 Å². The smallest absolute Gasteiger partial charge is 0.278 e. The number of para-hydroxylation sites is 1. The number of carbonyl (C=O) groups is 1. The van der Waals surface area contributed by atoms with Gasteiger partial charge in [-0.2, -0.15) is 5.10 Å². The molecule has 1 aromatic heterocycles. The number of carbonyl (C=O) groups excluding carboxylic acids is 1. The summed E-state index contributed by atoms with van der Waals surface area (Å²) >= 11 is 5.94. The lowest BCUT2D eigenvalue weighted by molar-refractivity contribution is 0.0778. The van der Waals surface area contributed by atoms with Gasteiger partial charge in [0.25, 0.3) is 5.91 Å². The number of ether oxygens (including phenoxy) is 1. The predicted octanol–water partition coefficient (Wildman–Crippen LogP) is 3.74. The lowest BCUT2D eigenvalue weighted by Crippen LogP contribution is -2.34. The Morgan fingerprint density at radius 3 is 2.52 bits per heavy atom. The molecule has 1 amide bonds. The van der Waals surface area contributed by atoms with E-state index in [9.17, 15) is 9.59 Å². The van der Waals surface area contributed by atoms with Crippen LogP contribution in [0.3, 0.4) is 0 Å². The van der Waals surface area contributed by atoms with Crippen LogP contribution in [0.1, 0.15) is 22.6 Å². The third-order valence-corrected chi connectivity index (χ3v) is 4.63. The fraction of sp³-hybridized carbons (Fsp3) is 0.227. The quantitative estimate of drug-likeness (QED) is 0.555. The molecule has 0 N–H and O–H groups in total. The number of aromatic nitrogens is 2. The molecule has 3 aromatic rings. The number of aryl methyl sites for hydroxylation is 1. The first-order valence-corrected chi connectivity index (χ1v) is 9.64. The van der Waals surface area contributed by atoms with Gasteiger partial charge in [-0.25, -0.2) is 4.68 Å². The van der Waals surface area contributed by atoms with Gasteiger partial charge in [-0.1, -0.05) is 29.8 Å². The molecule has 1 heterocycles. The van der Waals surface area contributed by atoms with Gasteiger partial charge in [0.1, 0.15) is 5.75 Å². The SMILES string of the molecule is Cc1cc(=O)c(C(=O)N(C)CCCOc2ccccc2)nn1-c1ccc(Cl)cc1. The highest BCUT2D eigenvalue weighted by Gasteiger charge is 2.19. The van der Waals surface area contributed by atoms with Crippen LogP contribution in [0.2, 0.25) is 5.02 Å². The van der Waals surface area contributed by atoms with Crippen molar-refractivity contribution >= 4 is 17.5 Å². The number of hydrogen-bond acceptors (Lipinski definition) is 4. The maximum Gasteiger partial charge on any atom is 0.278 e. The van der Waals surface area contributed by atoms with E-state index in [4.69, 9.17) is 16.3 Å². The molecule has 0 atom stereocenters. The van der Waals surface area contributed by atoms with Crippen molar-refractivity contribution in [3.8, 4) is 11.4 Å². The van der Waals surface area contributed by atoms with Gasteiger partial charge in [-0.15, -0.1) is 0 Å². The molecular formula is C22H22ClN3O3. The molecule has 0 bridgehead atoms. The van der Waals surface area contributed by atoms with Crippen LogP contribution in [0.15, 0.2) is 65.5 Å². The molecule has 6 nitrogen and oxygen atoms in total. The molecule has 0 fully saturated rings. The minimum absolute atomic E-state index is 0.114. The zero-order chi connectivity index (χ0) is 20.8. The molecule has 0 unspecified atom stereocenters. The molecular weight excluding hydrogens is 390 g/mol. The number of nitrogens with zero attached hydrogens (tertiary/aromatic N) is 3. The van der Waals surface area contributed by atoms with E-state index < -0.39 is 11.3 Å². The van der Waals surface area contributed by atoms with E-state index in [2.05, 4.69) is 5.10 Å². The van der Waals surface area contributed by atoms with Crippen LogP contribution in [-0.2, 0) is 0 Å². The first-order valence-electron chi connectivity index (χ1n) is 9.26. The number of halogens is 1. The highest BCUT2D eigenvalue weighted by molar-refractivity contribution is 6.30. The summed E-state index contributed by atoms with van der Waals surface area (Å²) in [6.07, 6.45) is 0.633. The Hall–Kier alpha value is -3.12. The van der Waals surface area contributed by atoms with Crippen LogP contribution >= 0.6 is 11.6 Å². The van der Waals surface area contributed by atoms with Crippen molar-refractivity contribution < 1.29 is 9.53 Å². The van der Waals surface area contributed by atoms with E-state index in [1.807, 2.05) is 30.3 Å². The monoisotopic (exact) mass is 411 g/mol. The Balaban J connectivity index is 1.68. The van der Waals surface area contributed by atoms with E-state index in [1.54, 1.807) is 42.9 Å². The Kier molecular flexibility index (Phi) is 6.67. The predicted molar refractivity (Wildman–Crippen MR) is 113 cm³/mol. The Morgan fingerprint density at radius 1 is 1.14 bits per heavy atom. The molecule has 150 valence electrons.